The second-order valence-electron chi connectivity index (χ2n) is 14.2. The third-order valence-corrected chi connectivity index (χ3v) is 9.82. The van der Waals surface area contributed by atoms with Crippen LogP contribution in [0, 0.1) is 17.2 Å². The largest absolute Gasteiger partial charge is 0.487 e. The molecule has 1 unspecified atom stereocenters. The average Bonchev–Trinajstić information content (AvgIpc) is 3.11. The number of nitriles is 1. The zero-order valence-corrected chi connectivity index (χ0v) is 32.3. The summed E-state index contributed by atoms with van der Waals surface area (Å²) in [7, 11) is 1.42. The molecule has 1 aliphatic heterocycles. The number of halogens is 1. The van der Waals surface area contributed by atoms with Gasteiger partial charge in [-0.3, -0.25) is 9.69 Å². The second-order valence-corrected chi connectivity index (χ2v) is 15.4. The number of likely N-dealkylation sites (tertiary alicyclic amines) is 1. The highest BCUT2D eigenvalue weighted by atomic mass is 35.5. The fourth-order valence-corrected chi connectivity index (χ4v) is 6.72. The van der Waals surface area contributed by atoms with Crippen molar-refractivity contribution in [1.29, 1.82) is 5.26 Å². The van der Waals surface area contributed by atoms with E-state index in [1.54, 1.807) is 12.3 Å². The number of aromatic nitrogens is 2. The van der Waals surface area contributed by atoms with Crippen LogP contribution in [0.5, 0.6) is 11.5 Å². The molecule has 0 saturated carbocycles. The number of ether oxygens (including phenoxy) is 2. The molecular formula is C40H48ClN6O4S+. The summed E-state index contributed by atoms with van der Waals surface area (Å²) in [6, 6.07) is 21.9. The normalized spacial score (nSPS) is 15.2. The minimum atomic E-state index is -0.806. The molecule has 5 rings (SSSR count). The van der Waals surface area contributed by atoms with Crippen molar-refractivity contribution in [3.63, 3.8) is 0 Å². The number of nitrogens with zero attached hydrogens (tertiary/aromatic N) is 5. The molecule has 0 amide bonds. The fourth-order valence-electron chi connectivity index (χ4n) is 6.37. The average molecular weight is 744 g/mol. The van der Waals surface area contributed by atoms with Crippen LogP contribution in [0.25, 0.3) is 0 Å². The van der Waals surface area contributed by atoms with Crippen LogP contribution in [0.15, 0.2) is 66.9 Å². The van der Waals surface area contributed by atoms with E-state index in [9.17, 15) is 15.3 Å². The third-order valence-electron chi connectivity index (χ3n) is 9.44. The quantitative estimate of drug-likeness (QED) is 0.0507. The first-order valence-corrected chi connectivity index (χ1v) is 18.4. The van der Waals surface area contributed by atoms with Gasteiger partial charge in [0.05, 0.1) is 16.3 Å². The highest BCUT2D eigenvalue weighted by Gasteiger charge is 2.28. The van der Waals surface area contributed by atoms with Gasteiger partial charge in [0.25, 0.3) is 5.95 Å². The lowest BCUT2D eigenvalue weighted by Gasteiger charge is -2.33. The summed E-state index contributed by atoms with van der Waals surface area (Å²) in [5.74, 6) is 1.49. The van der Waals surface area contributed by atoms with E-state index in [2.05, 4.69) is 72.1 Å². The number of aryl methyl sites for hydroxylation is 1. The SMILES string of the molecule is CCc1cc(CN2CCC(Oc3c(Cl)cc(C(C)(C)c4ccc(OCc5ccnc(N[N+](C)(O)S)n5)cc4)cc3C#N)CC2)ccc1C(=O)C(C)C. The van der Waals surface area contributed by atoms with Crippen molar-refractivity contribution in [2.24, 2.45) is 5.92 Å². The standard InChI is InChI=1S/C40H48ClN6O4S/c1-7-28-20-27(8-13-35(28)37(48)26(2)3)24-46-18-15-34(16-19-46)51-38-29(23-42)21-31(22-36(38)41)40(4,5)30-9-11-33(12-10-30)50-25-32-14-17-43-39(44-32)45-47(6,49)52/h8-14,17,20-22,26,34,49,52H,7,15-16,18-19,24-25H2,1-6H3,(H,43,44,45)/q+1. The highest BCUT2D eigenvalue weighted by Crippen LogP contribution is 2.39. The molecule has 2 N–H and O–H groups in total. The van der Waals surface area contributed by atoms with Crippen LogP contribution >= 0.6 is 24.4 Å². The summed E-state index contributed by atoms with van der Waals surface area (Å²) in [6.45, 7) is 12.9. The van der Waals surface area contributed by atoms with Gasteiger partial charge in [0.2, 0.25) is 0 Å². The number of ketones is 1. The third kappa shape index (κ3) is 9.82. The molecule has 274 valence electrons. The molecule has 2 heterocycles. The summed E-state index contributed by atoms with van der Waals surface area (Å²) in [4.78, 5) is 23.5. The van der Waals surface area contributed by atoms with E-state index >= 15 is 0 Å². The number of quaternary nitrogens is 1. The maximum Gasteiger partial charge on any atom is 0.273 e. The van der Waals surface area contributed by atoms with Crippen molar-refractivity contribution in [2.45, 2.75) is 78.6 Å². The molecule has 0 bridgehead atoms. The number of nitrogens with one attached hydrogen (secondary N) is 1. The van der Waals surface area contributed by atoms with Crippen LogP contribution in [0.2, 0.25) is 5.02 Å². The van der Waals surface area contributed by atoms with Crippen molar-refractivity contribution in [1.82, 2.24) is 14.9 Å². The number of piperidine rings is 1. The predicted molar refractivity (Wildman–Crippen MR) is 206 cm³/mol. The molecule has 3 aromatic carbocycles. The maximum absolute atomic E-state index is 12.6. The molecule has 4 aromatic rings. The Morgan fingerprint density at radius 3 is 2.48 bits per heavy atom. The Balaban J connectivity index is 1.19. The Bertz CT molecular complexity index is 1920. The number of benzene rings is 3. The predicted octanol–water partition coefficient (Wildman–Crippen LogP) is 8.36. The van der Waals surface area contributed by atoms with Crippen LogP contribution in [-0.2, 0) is 25.0 Å². The first-order chi connectivity index (χ1) is 24.7. The molecule has 1 atom stereocenters. The highest BCUT2D eigenvalue weighted by molar-refractivity contribution is 7.74. The van der Waals surface area contributed by atoms with Crippen LogP contribution in [0.3, 0.4) is 0 Å². The molecule has 0 aliphatic carbocycles. The Hall–Kier alpha value is -4.18. The number of carbonyl (C=O) groups excluding carboxylic acids is 1. The van der Waals surface area contributed by atoms with Gasteiger partial charge in [0.1, 0.15) is 44.4 Å². The summed E-state index contributed by atoms with van der Waals surface area (Å²) in [5.41, 5.74) is 8.30. The van der Waals surface area contributed by atoms with Crippen molar-refractivity contribution in [3.8, 4) is 17.6 Å². The zero-order valence-electron chi connectivity index (χ0n) is 30.7. The van der Waals surface area contributed by atoms with E-state index in [-0.39, 0.29) is 30.4 Å². The molecule has 10 nitrogen and oxygen atoms in total. The van der Waals surface area contributed by atoms with Crippen molar-refractivity contribution < 1.29 is 23.6 Å². The van der Waals surface area contributed by atoms with E-state index in [1.165, 1.54) is 12.6 Å². The van der Waals surface area contributed by atoms with E-state index in [4.69, 9.17) is 21.1 Å². The number of Topliss-reactive ketones (excluding diaryl/α,β-unsaturated/α-hetero) is 1. The fraction of sp³-hybridized carbons (Fsp3) is 0.400. The molecule has 1 aromatic heterocycles. The van der Waals surface area contributed by atoms with Gasteiger partial charge in [-0.1, -0.05) is 76.6 Å². The Labute approximate surface area is 317 Å². The smallest absolute Gasteiger partial charge is 0.273 e. The molecule has 1 fully saturated rings. The van der Waals surface area contributed by atoms with Gasteiger partial charge in [-0.05, 0) is 76.0 Å². The lowest BCUT2D eigenvalue weighted by Crippen LogP contribution is -2.38. The molecule has 1 aliphatic rings. The molecule has 0 radical (unpaired) electrons. The molecule has 0 spiro atoms. The van der Waals surface area contributed by atoms with Crippen LogP contribution in [0.1, 0.15) is 91.3 Å². The second kappa shape index (κ2) is 16.7. The van der Waals surface area contributed by atoms with Crippen molar-refractivity contribution >= 4 is 36.1 Å². The number of rotatable bonds is 14. The molecule has 1 saturated heterocycles. The van der Waals surface area contributed by atoms with E-state index < -0.39 is 9.58 Å². The van der Waals surface area contributed by atoms with Gasteiger partial charge in [0, 0.05) is 42.7 Å². The summed E-state index contributed by atoms with van der Waals surface area (Å²) < 4.78 is 11.6. The number of hydrogen-bond donors (Lipinski definition) is 3. The van der Waals surface area contributed by atoms with E-state index in [0.717, 1.165) is 61.2 Å². The minimum Gasteiger partial charge on any atom is -0.487 e. The Morgan fingerprint density at radius 1 is 1.13 bits per heavy atom. The van der Waals surface area contributed by atoms with Gasteiger partial charge < -0.3 is 9.47 Å². The first-order valence-electron chi connectivity index (χ1n) is 17.6. The first kappa shape index (κ1) is 39.0. The van der Waals surface area contributed by atoms with Gasteiger partial charge >= 0.3 is 0 Å². The number of carbonyl (C=O) groups is 1. The summed E-state index contributed by atoms with van der Waals surface area (Å²) >= 11 is 10.8. The van der Waals surface area contributed by atoms with Crippen LogP contribution < -0.4 is 14.9 Å². The topological polar surface area (TPSA) is 121 Å². The minimum absolute atomic E-state index is 0.0209. The monoisotopic (exact) mass is 743 g/mol. The van der Waals surface area contributed by atoms with Crippen LogP contribution in [-0.4, -0.2) is 56.3 Å². The van der Waals surface area contributed by atoms with E-state index in [1.807, 2.05) is 56.3 Å². The van der Waals surface area contributed by atoms with Crippen LogP contribution in [0.4, 0.5) is 5.95 Å². The zero-order chi connectivity index (χ0) is 37.6. The molecule has 12 heteroatoms. The maximum atomic E-state index is 12.6. The summed E-state index contributed by atoms with van der Waals surface area (Å²) in [5, 5.41) is 20.4. The van der Waals surface area contributed by atoms with Gasteiger partial charge in [-0.15, -0.1) is 0 Å². The number of anilines is 1. The lowest BCUT2D eigenvalue weighted by molar-refractivity contribution is -0.955. The molecule has 52 heavy (non-hydrogen) atoms. The Morgan fingerprint density at radius 2 is 1.85 bits per heavy atom. The summed E-state index contributed by atoms with van der Waals surface area (Å²) in [6.07, 6.45) is 3.99. The van der Waals surface area contributed by atoms with Crippen molar-refractivity contribution in [2.75, 3.05) is 25.6 Å². The van der Waals surface area contributed by atoms with Gasteiger partial charge in [0.15, 0.2) is 11.5 Å². The number of hydrogen-bond acceptors (Lipinski definition) is 10. The lowest BCUT2D eigenvalue weighted by atomic mass is 9.77. The van der Waals surface area contributed by atoms with Crippen molar-refractivity contribution in [3.05, 3.63) is 111 Å². The molecular weight excluding hydrogens is 696 g/mol. The number of hydroxylamine groups is 1. The van der Waals surface area contributed by atoms with Gasteiger partial charge in [-0.25, -0.2) is 9.97 Å². The van der Waals surface area contributed by atoms with Gasteiger partial charge in [-0.2, -0.15) is 15.9 Å². The van der Waals surface area contributed by atoms with E-state index in [0.29, 0.717) is 27.8 Å². The Kier molecular flexibility index (Phi) is 12.5. The number of thiol groups is 1.